The fraction of sp³-hybridized carbons (Fsp3) is 0.773. The molecular weight excluding hydrogens is 352 g/mol. The van der Waals surface area contributed by atoms with E-state index in [1.54, 1.807) is 4.90 Å². The Balaban J connectivity index is 1.63. The number of hydrogen-bond donors (Lipinski definition) is 1. The van der Waals surface area contributed by atoms with E-state index in [4.69, 9.17) is 4.98 Å². The Bertz CT molecular complexity index is 698. The zero-order valence-corrected chi connectivity index (χ0v) is 18.0. The minimum atomic E-state index is -0.285. The molecule has 2 heterocycles. The van der Waals surface area contributed by atoms with Crippen LogP contribution < -0.4 is 5.32 Å². The van der Waals surface area contributed by atoms with Gasteiger partial charge in [-0.15, -0.1) is 0 Å². The molecule has 1 aliphatic carbocycles. The summed E-state index contributed by atoms with van der Waals surface area (Å²) >= 11 is 0. The molecule has 6 nitrogen and oxygen atoms in total. The van der Waals surface area contributed by atoms with Crippen molar-refractivity contribution < 1.29 is 9.59 Å². The van der Waals surface area contributed by atoms with Gasteiger partial charge in [-0.1, -0.05) is 19.3 Å². The molecule has 1 fully saturated rings. The molecule has 0 saturated heterocycles. The number of imidazole rings is 1. The number of aromatic nitrogens is 2. The summed E-state index contributed by atoms with van der Waals surface area (Å²) in [6.45, 7) is 9.36. The molecule has 0 unspecified atom stereocenters. The lowest BCUT2D eigenvalue weighted by Crippen LogP contribution is -2.49. The molecule has 3 rings (SSSR count). The number of fused-ring (bicyclic) bond motifs is 1. The molecule has 1 saturated carbocycles. The van der Waals surface area contributed by atoms with Crippen LogP contribution in [0.5, 0.6) is 0 Å². The smallest absolute Gasteiger partial charge is 0.240 e. The van der Waals surface area contributed by atoms with Gasteiger partial charge in [0.25, 0.3) is 0 Å². The highest BCUT2D eigenvalue weighted by Crippen LogP contribution is 2.34. The number of carbonyl (C=O) groups excluding carboxylic acids is 2. The summed E-state index contributed by atoms with van der Waals surface area (Å²) in [5, 5.41) is 2.95. The van der Waals surface area contributed by atoms with Crippen LogP contribution >= 0.6 is 0 Å². The predicted octanol–water partition coefficient (Wildman–Crippen LogP) is 3.26. The second-order valence-corrected chi connectivity index (χ2v) is 9.43. The van der Waals surface area contributed by atoms with Gasteiger partial charge in [-0.2, -0.15) is 0 Å². The predicted molar refractivity (Wildman–Crippen MR) is 110 cm³/mol. The number of rotatable bonds is 5. The van der Waals surface area contributed by atoms with Crippen LogP contribution in [0.15, 0.2) is 6.20 Å². The Labute approximate surface area is 169 Å². The van der Waals surface area contributed by atoms with E-state index in [-0.39, 0.29) is 29.8 Å². The number of amides is 2. The first-order valence-electron chi connectivity index (χ1n) is 10.9. The van der Waals surface area contributed by atoms with Crippen molar-refractivity contribution >= 4 is 11.8 Å². The molecule has 2 aliphatic rings. The maximum atomic E-state index is 13.1. The third-order valence-electron chi connectivity index (χ3n) is 5.99. The minimum absolute atomic E-state index is 0.0502. The molecule has 1 aromatic heterocycles. The molecule has 2 amide bonds. The van der Waals surface area contributed by atoms with Crippen molar-refractivity contribution in [1.29, 1.82) is 0 Å². The molecule has 1 N–H and O–H groups in total. The van der Waals surface area contributed by atoms with E-state index in [0.29, 0.717) is 12.5 Å². The Hall–Kier alpha value is -1.85. The van der Waals surface area contributed by atoms with E-state index in [1.165, 1.54) is 43.6 Å². The topological polar surface area (TPSA) is 67.2 Å². The first-order chi connectivity index (χ1) is 13.3. The highest BCUT2D eigenvalue weighted by Gasteiger charge is 2.32. The van der Waals surface area contributed by atoms with Crippen molar-refractivity contribution in [1.82, 2.24) is 19.8 Å². The Morgan fingerprint density at radius 1 is 1.21 bits per heavy atom. The summed E-state index contributed by atoms with van der Waals surface area (Å²) in [5.74, 6) is 1.77. The number of hydrogen-bond acceptors (Lipinski definition) is 3. The zero-order chi connectivity index (χ0) is 20.3. The summed E-state index contributed by atoms with van der Waals surface area (Å²) in [5.41, 5.74) is 0.896. The van der Waals surface area contributed by atoms with Crippen LogP contribution in [-0.2, 0) is 22.6 Å². The fourth-order valence-corrected chi connectivity index (χ4v) is 4.62. The third kappa shape index (κ3) is 4.95. The molecule has 1 aliphatic heterocycles. The first kappa shape index (κ1) is 20.9. The van der Waals surface area contributed by atoms with Gasteiger partial charge in [0.05, 0.1) is 6.54 Å². The normalized spacial score (nSPS) is 20.5. The van der Waals surface area contributed by atoms with Gasteiger partial charge in [0, 0.05) is 48.8 Å². The van der Waals surface area contributed by atoms with Crippen LogP contribution in [0, 0.1) is 5.92 Å². The van der Waals surface area contributed by atoms with Gasteiger partial charge in [0.2, 0.25) is 11.8 Å². The van der Waals surface area contributed by atoms with E-state index in [1.807, 2.05) is 33.9 Å². The molecule has 1 aromatic rings. The third-order valence-corrected chi connectivity index (χ3v) is 5.99. The molecule has 0 radical (unpaired) electrons. The van der Waals surface area contributed by atoms with Crippen molar-refractivity contribution in [2.45, 2.75) is 90.6 Å². The summed E-state index contributed by atoms with van der Waals surface area (Å²) in [7, 11) is 0. The molecule has 28 heavy (non-hydrogen) atoms. The molecule has 156 valence electrons. The summed E-state index contributed by atoms with van der Waals surface area (Å²) in [4.78, 5) is 31.8. The van der Waals surface area contributed by atoms with Crippen LogP contribution in [0.2, 0.25) is 0 Å². The van der Waals surface area contributed by atoms with Crippen LogP contribution in [0.3, 0.4) is 0 Å². The minimum Gasteiger partial charge on any atom is -0.350 e. The van der Waals surface area contributed by atoms with Crippen molar-refractivity contribution in [3.63, 3.8) is 0 Å². The van der Waals surface area contributed by atoms with Gasteiger partial charge in [-0.3, -0.25) is 9.59 Å². The largest absolute Gasteiger partial charge is 0.350 e. The number of carbonyl (C=O) groups is 2. The molecule has 1 atom stereocenters. The first-order valence-corrected chi connectivity index (χ1v) is 10.9. The van der Waals surface area contributed by atoms with Crippen LogP contribution in [0.1, 0.15) is 83.7 Å². The Kier molecular flexibility index (Phi) is 6.46. The highest BCUT2D eigenvalue weighted by atomic mass is 16.2. The average Bonchev–Trinajstić information content (AvgIpc) is 3.08. The SMILES string of the molecule is CCN(CC(=O)NC(C)(C)C)C(=O)[C@@H]1CCn2c(cnc2C2CCCCC2)C1. The van der Waals surface area contributed by atoms with Crippen molar-refractivity contribution in [3.8, 4) is 0 Å². The van der Waals surface area contributed by atoms with Gasteiger partial charge in [0.1, 0.15) is 5.82 Å². The molecule has 0 bridgehead atoms. The number of nitrogens with one attached hydrogen (secondary N) is 1. The van der Waals surface area contributed by atoms with Crippen molar-refractivity contribution in [3.05, 3.63) is 17.7 Å². The van der Waals surface area contributed by atoms with Crippen LogP contribution in [0.25, 0.3) is 0 Å². The fourth-order valence-electron chi connectivity index (χ4n) is 4.62. The van der Waals surface area contributed by atoms with Gasteiger partial charge < -0.3 is 14.8 Å². The monoisotopic (exact) mass is 388 g/mol. The standard InChI is InChI=1S/C22H36N4O2/c1-5-25(15-19(27)24-22(2,3)4)21(28)17-11-12-26-18(13-17)14-23-20(26)16-9-7-6-8-10-16/h14,16-17H,5-13,15H2,1-4H3,(H,24,27)/t17-/m1/s1. The summed E-state index contributed by atoms with van der Waals surface area (Å²) < 4.78 is 2.36. The summed E-state index contributed by atoms with van der Waals surface area (Å²) in [6, 6.07) is 0. The van der Waals surface area contributed by atoms with Crippen molar-refractivity contribution in [2.75, 3.05) is 13.1 Å². The highest BCUT2D eigenvalue weighted by molar-refractivity contribution is 5.86. The maximum Gasteiger partial charge on any atom is 0.240 e. The number of nitrogens with zero attached hydrogens (tertiary/aromatic N) is 3. The van der Waals surface area contributed by atoms with Gasteiger partial charge in [-0.05, 0) is 47.0 Å². The lowest BCUT2D eigenvalue weighted by Gasteiger charge is -2.31. The second-order valence-electron chi connectivity index (χ2n) is 9.43. The number of likely N-dealkylation sites (N-methyl/N-ethyl adjacent to an activating group) is 1. The van der Waals surface area contributed by atoms with E-state index in [2.05, 4.69) is 9.88 Å². The Morgan fingerprint density at radius 3 is 2.57 bits per heavy atom. The van der Waals surface area contributed by atoms with Crippen LogP contribution in [-0.4, -0.2) is 44.9 Å². The second kappa shape index (κ2) is 8.66. The molecule has 6 heteroatoms. The van der Waals surface area contributed by atoms with Crippen molar-refractivity contribution in [2.24, 2.45) is 5.92 Å². The quantitative estimate of drug-likeness (QED) is 0.842. The lowest BCUT2D eigenvalue weighted by atomic mass is 9.88. The van der Waals surface area contributed by atoms with Gasteiger partial charge >= 0.3 is 0 Å². The van der Waals surface area contributed by atoms with Gasteiger partial charge in [0.15, 0.2) is 0 Å². The van der Waals surface area contributed by atoms with E-state index in [0.717, 1.165) is 19.4 Å². The lowest BCUT2D eigenvalue weighted by molar-refractivity contribution is -0.140. The maximum absolute atomic E-state index is 13.1. The Morgan fingerprint density at radius 2 is 1.93 bits per heavy atom. The van der Waals surface area contributed by atoms with Crippen LogP contribution in [0.4, 0.5) is 0 Å². The van der Waals surface area contributed by atoms with E-state index >= 15 is 0 Å². The molecule has 0 spiro atoms. The summed E-state index contributed by atoms with van der Waals surface area (Å²) in [6.07, 6.45) is 9.97. The zero-order valence-electron chi connectivity index (χ0n) is 18.0. The van der Waals surface area contributed by atoms with E-state index < -0.39 is 0 Å². The molecule has 0 aromatic carbocycles. The van der Waals surface area contributed by atoms with Gasteiger partial charge in [-0.25, -0.2) is 4.98 Å². The van der Waals surface area contributed by atoms with E-state index in [9.17, 15) is 9.59 Å². The average molecular weight is 389 g/mol. The molecular formula is C22H36N4O2.